The Morgan fingerprint density at radius 2 is 1.60 bits per heavy atom. The first-order chi connectivity index (χ1) is 14.6. The van der Waals surface area contributed by atoms with Crippen LogP contribution in [0.3, 0.4) is 0 Å². The monoisotopic (exact) mass is 405 g/mol. The Labute approximate surface area is 172 Å². The van der Waals surface area contributed by atoms with Crippen LogP contribution in [0.2, 0.25) is 0 Å². The molecule has 7 nitrogen and oxygen atoms in total. The molecule has 0 spiro atoms. The van der Waals surface area contributed by atoms with E-state index in [9.17, 15) is 9.90 Å². The number of nitrogens with zero attached hydrogens (tertiary/aromatic N) is 1. The van der Waals surface area contributed by atoms with Gasteiger partial charge >= 0.3 is 5.97 Å². The molecule has 0 unspecified atom stereocenters. The molecule has 2 aromatic heterocycles. The second kappa shape index (κ2) is 7.79. The largest absolute Gasteiger partial charge is 0.496 e. The molecule has 4 aromatic rings. The Kier molecular flexibility index (Phi) is 5.02. The zero-order chi connectivity index (χ0) is 21.3. The van der Waals surface area contributed by atoms with Gasteiger partial charge in [0.25, 0.3) is 0 Å². The maximum atomic E-state index is 11.4. The van der Waals surface area contributed by atoms with Crippen LogP contribution in [0.1, 0.15) is 10.4 Å². The number of carboxylic acid groups (broad SMARTS) is 1. The standard InChI is InChI=1S/C23H19NO6/c1-27-17-8-7-13(23(25)26)11-15(17)20-12-16-22(30-20)14(9-10-24-16)21-18(28-2)5-4-6-19(21)29-3/h4-12H,1-3H3,(H,25,26). The lowest BCUT2D eigenvalue weighted by Gasteiger charge is -2.13. The number of benzene rings is 2. The fourth-order valence-electron chi connectivity index (χ4n) is 3.42. The average Bonchev–Trinajstić information content (AvgIpc) is 3.22. The number of aromatic nitrogens is 1. The Balaban J connectivity index is 1.96. The Bertz CT molecular complexity index is 1220. The molecule has 4 rings (SSSR count). The summed E-state index contributed by atoms with van der Waals surface area (Å²) in [6, 6.07) is 13.7. The summed E-state index contributed by atoms with van der Waals surface area (Å²) in [5, 5.41) is 9.36. The number of fused-ring (bicyclic) bond motifs is 1. The van der Waals surface area contributed by atoms with Crippen LogP contribution in [-0.2, 0) is 0 Å². The molecule has 152 valence electrons. The minimum absolute atomic E-state index is 0.130. The number of carbonyl (C=O) groups is 1. The molecule has 2 aromatic carbocycles. The van der Waals surface area contributed by atoms with E-state index in [0.717, 1.165) is 11.1 Å². The fraction of sp³-hybridized carbons (Fsp3) is 0.130. The highest BCUT2D eigenvalue weighted by Crippen LogP contribution is 2.43. The number of aromatic carboxylic acids is 1. The van der Waals surface area contributed by atoms with Crippen LogP contribution in [0.25, 0.3) is 33.6 Å². The van der Waals surface area contributed by atoms with Gasteiger partial charge in [0.15, 0.2) is 5.58 Å². The van der Waals surface area contributed by atoms with Gasteiger partial charge in [-0.15, -0.1) is 0 Å². The van der Waals surface area contributed by atoms with Crippen LogP contribution >= 0.6 is 0 Å². The van der Waals surface area contributed by atoms with Crippen LogP contribution in [0.5, 0.6) is 17.2 Å². The lowest BCUT2D eigenvalue weighted by Crippen LogP contribution is -1.97. The zero-order valence-corrected chi connectivity index (χ0v) is 16.6. The maximum absolute atomic E-state index is 11.4. The third kappa shape index (κ3) is 3.20. The van der Waals surface area contributed by atoms with E-state index in [1.807, 2.05) is 24.3 Å². The predicted octanol–water partition coefficient (Wildman–Crippen LogP) is 4.89. The van der Waals surface area contributed by atoms with Crippen molar-refractivity contribution < 1.29 is 28.5 Å². The number of furan rings is 1. The molecule has 30 heavy (non-hydrogen) atoms. The molecular weight excluding hydrogens is 386 g/mol. The molecule has 0 bridgehead atoms. The summed E-state index contributed by atoms with van der Waals surface area (Å²) in [6.07, 6.45) is 1.67. The number of hydrogen-bond donors (Lipinski definition) is 1. The van der Waals surface area contributed by atoms with Crippen molar-refractivity contribution in [3.8, 4) is 39.7 Å². The molecule has 0 aliphatic heterocycles. The fourth-order valence-corrected chi connectivity index (χ4v) is 3.42. The summed E-state index contributed by atoms with van der Waals surface area (Å²) in [5.41, 5.74) is 3.27. The topological polar surface area (TPSA) is 91.0 Å². The highest BCUT2D eigenvalue weighted by molar-refractivity contribution is 5.97. The number of carboxylic acids is 1. The molecule has 0 aliphatic carbocycles. The smallest absolute Gasteiger partial charge is 0.335 e. The molecule has 0 atom stereocenters. The molecule has 1 N–H and O–H groups in total. The van der Waals surface area contributed by atoms with Crippen molar-refractivity contribution in [2.45, 2.75) is 0 Å². The lowest BCUT2D eigenvalue weighted by atomic mass is 10.0. The quantitative estimate of drug-likeness (QED) is 0.488. The number of pyridine rings is 1. The molecule has 0 saturated heterocycles. The minimum Gasteiger partial charge on any atom is -0.496 e. The highest BCUT2D eigenvalue weighted by Gasteiger charge is 2.20. The molecule has 0 aliphatic rings. The van der Waals surface area contributed by atoms with Gasteiger partial charge in [-0.1, -0.05) is 6.07 Å². The van der Waals surface area contributed by atoms with Crippen molar-refractivity contribution in [1.82, 2.24) is 4.98 Å². The van der Waals surface area contributed by atoms with E-state index in [1.165, 1.54) is 19.2 Å². The Hall–Kier alpha value is -4.00. The lowest BCUT2D eigenvalue weighted by molar-refractivity contribution is 0.0697. The second-order valence-corrected chi connectivity index (χ2v) is 6.44. The average molecular weight is 405 g/mol. The first kappa shape index (κ1) is 19.3. The van der Waals surface area contributed by atoms with Crippen molar-refractivity contribution in [1.29, 1.82) is 0 Å². The summed E-state index contributed by atoms with van der Waals surface area (Å²) in [6.45, 7) is 0. The molecule has 7 heteroatoms. The Morgan fingerprint density at radius 1 is 0.900 bits per heavy atom. The normalized spacial score (nSPS) is 10.8. The maximum Gasteiger partial charge on any atom is 0.335 e. The first-order valence-electron chi connectivity index (χ1n) is 9.09. The number of methoxy groups -OCH3 is 3. The third-order valence-corrected chi connectivity index (χ3v) is 4.82. The van der Waals surface area contributed by atoms with E-state index in [4.69, 9.17) is 18.6 Å². The van der Waals surface area contributed by atoms with Gasteiger partial charge in [-0.3, -0.25) is 4.98 Å². The summed E-state index contributed by atoms with van der Waals surface area (Å²) in [7, 11) is 4.70. The highest BCUT2D eigenvalue weighted by atomic mass is 16.5. The van der Waals surface area contributed by atoms with Crippen LogP contribution in [0, 0.1) is 0 Å². The zero-order valence-electron chi connectivity index (χ0n) is 16.6. The summed E-state index contributed by atoms with van der Waals surface area (Å²) >= 11 is 0. The molecule has 2 heterocycles. The van der Waals surface area contributed by atoms with Gasteiger partial charge in [-0.2, -0.15) is 0 Å². The molecule has 0 saturated carbocycles. The van der Waals surface area contributed by atoms with Crippen molar-refractivity contribution in [2.75, 3.05) is 21.3 Å². The van der Waals surface area contributed by atoms with Gasteiger partial charge in [0.2, 0.25) is 0 Å². The molecule has 0 amide bonds. The van der Waals surface area contributed by atoms with E-state index < -0.39 is 5.97 Å². The first-order valence-corrected chi connectivity index (χ1v) is 9.09. The van der Waals surface area contributed by atoms with E-state index in [2.05, 4.69) is 4.98 Å². The number of rotatable bonds is 6. The third-order valence-electron chi connectivity index (χ3n) is 4.82. The summed E-state index contributed by atoms with van der Waals surface area (Å²) in [4.78, 5) is 15.8. The summed E-state index contributed by atoms with van der Waals surface area (Å²) in [5.74, 6) is 1.16. The van der Waals surface area contributed by atoms with Gasteiger partial charge in [0, 0.05) is 17.8 Å². The SMILES string of the molecule is COc1ccc(C(=O)O)cc1-c1cc2nccc(-c3c(OC)cccc3OC)c2o1. The van der Waals surface area contributed by atoms with E-state index in [1.54, 1.807) is 32.5 Å². The van der Waals surface area contributed by atoms with Gasteiger partial charge in [-0.25, -0.2) is 4.79 Å². The van der Waals surface area contributed by atoms with Crippen molar-refractivity contribution >= 4 is 17.1 Å². The van der Waals surface area contributed by atoms with Gasteiger partial charge in [-0.05, 0) is 36.4 Å². The van der Waals surface area contributed by atoms with Gasteiger partial charge in [0.1, 0.15) is 28.5 Å². The Morgan fingerprint density at radius 3 is 2.23 bits per heavy atom. The van der Waals surface area contributed by atoms with Crippen LogP contribution in [0.15, 0.2) is 59.1 Å². The van der Waals surface area contributed by atoms with E-state index in [0.29, 0.717) is 39.7 Å². The van der Waals surface area contributed by atoms with Crippen LogP contribution in [-0.4, -0.2) is 37.4 Å². The number of hydrogen-bond acceptors (Lipinski definition) is 6. The van der Waals surface area contributed by atoms with E-state index >= 15 is 0 Å². The van der Waals surface area contributed by atoms with E-state index in [-0.39, 0.29) is 5.56 Å². The van der Waals surface area contributed by atoms with Crippen LogP contribution in [0.4, 0.5) is 0 Å². The summed E-state index contributed by atoms with van der Waals surface area (Å²) < 4.78 is 22.6. The van der Waals surface area contributed by atoms with Crippen molar-refractivity contribution in [3.63, 3.8) is 0 Å². The predicted molar refractivity (Wildman–Crippen MR) is 111 cm³/mol. The molecule has 0 fully saturated rings. The van der Waals surface area contributed by atoms with Crippen molar-refractivity contribution in [3.05, 3.63) is 60.3 Å². The second-order valence-electron chi connectivity index (χ2n) is 6.44. The number of ether oxygens (including phenoxy) is 3. The van der Waals surface area contributed by atoms with Crippen molar-refractivity contribution in [2.24, 2.45) is 0 Å². The van der Waals surface area contributed by atoms with Crippen LogP contribution < -0.4 is 14.2 Å². The molecular formula is C23H19NO6. The van der Waals surface area contributed by atoms with Gasteiger partial charge < -0.3 is 23.7 Å². The van der Waals surface area contributed by atoms with Gasteiger partial charge in [0.05, 0.1) is 38.0 Å². The minimum atomic E-state index is -1.03. The molecule has 0 radical (unpaired) electrons.